The van der Waals surface area contributed by atoms with Crippen LogP contribution in [-0.2, 0) is 122 Å². The number of aromatic nitrogens is 10. The van der Waals surface area contributed by atoms with Crippen molar-refractivity contribution in [2.45, 2.75) is 156 Å². The lowest BCUT2D eigenvalue weighted by molar-refractivity contribution is -0.143. The summed E-state index contributed by atoms with van der Waals surface area (Å²) < 4.78 is 92.7. The number of aromatic amines is 6. The lowest BCUT2D eigenvalue weighted by Crippen LogP contribution is -2.45. The highest BCUT2D eigenvalue weighted by Gasteiger charge is 2.33. The number of imidazole rings is 5. The molecule has 0 fully saturated rings. The molecular weight excluding hydrogens is 1660 g/mol. The summed E-state index contributed by atoms with van der Waals surface area (Å²) in [6.07, 6.45) is 11.2. The first-order chi connectivity index (χ1) is 50.9. The molecule has 112 heavy (non-hydrogen) atoms. The van der Waals surface area contributed by atoms with Gasteiger partial charge in [-0.05, 0) is 108 Å². The first kappa shape index (κ1) is 98.9. The van der Waals surface area contributed by atoms with Crippen molar-refractivity contribution in [1.82, 2.24) is 70.7 Å². The molecule has 0 spiro atoms. The Hall–Kier alpha value is -9.18. The van der Waals surface area contributed by atoms with E-state index in [9.17, 15) is 73.5 Å². The monoisotopic (exact) mass is 1750 g/mol. The van der Waals surface area contributed by atoms with E-state index in [0.29, 0.717) is 56.5 Å². The maximum absolute atomic E-state index is 13.1. The summed E-state index contributed by atoms with van der Waals surface area (Å²) in [5.41, 5.74) is 13.6. The van der Waals surface area contributed by atoms with Gasteiger partial charge in [0.05, 0.1) is 36.9 Å². The number of thioether (sulfide) groups is 1. The van der Waals surface area contributed by atoms with Crippen LogP contribution in [0.1, 0.15) is 109 Å². The number of ether oxygens (including phenoxy) is 5. The SMILES string of the molecule is C.COC(=O)[C@@H](N)Cc1cnc(S(C)(=O)=O)[nH]1.COC(=O)[C@H](Cc1cnc(S(C)(=O)=O)[nH]1)NC(=O)OC(C)(C)C.COC(=O)[C@H](Cc1cnc(SC)[nH]1)NC(=O)OC(C)(C)C.CS(=O)(=O)c1ncc(C[C@H](NC(=O)c2c(Cl)cc3c(c2Cl)CCN(C(=O)c2ccc(Cl)cc2)C3)C(=O)O)[nH]1.Cl.N[C@@H](Cc1c[nH]c(=S)[nH]1)C(=O)O. The number of sulfone groups is 3. The Balaban J connectivity index is 0.000000501. The summed E-state index contributed by atoms with van der Waals surface area (Å²) in [5, 5.41) is 26.1. The summed E-state index contributed by atoms with van der Waals surface area (Å²) in [6, 6.07) is 3.06. The number of carbonyl (C=O) groups is 9. The zero-order valence-corrected chi connectivity index (χ0v) is 69.0. The molecule has 620 valence electrons. The minimum Gasteiger partial charge on any atom is -0.480 e. The van der Waals surface area contributed by atoms with E-state index in [4.69, 9.17) is 77.8 Å². The number of rotatable bonds is 24. The molecular formula is C65H90Cl4N16O22S5. The number of alkyl carbamates (subject to hydrolysis) is 2. The number of methoxy groups -OCH3 is 3. The van der Waals surface area contributed by atoms with Gasteiger partial charge in [0.1, 0.15) is 41.4 Å². The Kier molecular flexibility index (Phi) is 38.6. The number of nitrogens with two attached hydrogens (primary N) is 2. The van der Waals surface area contributed by atoms with Crippen LogP contribution in [0.5, 0.6) is 0 Å². The van der Waals surface area contributed by atoms with Crippen molar-refractivity contribution in [3.8, 4) is 0 Å². The average molecular weight is 1750 g/mol. The van der Waals surface area contributed by atoms with Crippen molar-refractivity contribution in [3.05, 3.63) is 132 Å². The topological polar surface area (TPSA) is 580 Å². The van der Waals surface area contributed by atoms with Gasteiger partial charge in [-0.3, -0.25) is 19.2 Å². The molecule has 0 unspecified atom stereocenters. The number of hydrogen-bond donors (Lipinski definition) is 13. The van der Waals surface area contributed by atoms with Gasteiger partial charge in [-0.1, -0.05) is 54.0 Å². The third-order valence-electron chi connectivity index (χ3n) is 14.3. The van der Waals surface area contributed by atoms with E-state index in [1.54, 1.807) is 89.2 Å². The average Bonchev–Trinajstić information content (AvgIpc) is 1.01. The maximum atomic E-state index is 13.1. The summed E-state index contributed by atoms with van der Waals surface area (Å²) in [4.78, 5) is 139. The van der Waals surface area contributed by atoms with Crippen LogP contribution in [0.4, 0.5) is 9.59 Å². The Morgan fingerprint density at radius 2 is 1.03 bits per heavy atom. The van der Waals surface area contributed by atoms with Crippen LogP contribution in [0.3, 0.4) is 0 Å². The molecule has 1 aliphatic rings. The summed E-state index contributed by atoms with van der Waals surface area (Å²) in [5.74, 6) is -5.16. The quantitative estimate of drug-likeness (QED) is 0.0154. The predicted octanol–water partition coefficient (Wildman–Crippen LogP) is 5.50. The molecule has 1 aliphatic heterocycles. The second-order valence-corrected chi connectivity index (χ2v) is 33.9. The lowest BCUT2D eigenvalue weighted by Gasteiger charge is -2.30. The number of nitrogens with one attached hydrogen (secondary N) is 9. The molecule has 0 radical (unpaired) electrons. The molecule has 0 bridgehead atoms. The van der Waals surface area contributed by atoms with Gasteiger partial charge in [0, 0.05) is 134 Å². The number of carboxylic acid groups (broad SMARTS) is 2. The first-order valence-electron chi connectivity index (χ1n) is 32.1. The van der Waals surface area contributed by atoms with Crippen LogP contribution < -0.4 is 27.4 Å². The highest BCUT2D eigenvalue weighted by molar-refractivity contribution is 7.98. The number of carboxylic acids is 2. The van der Waals surface area contributed by atoms with Crippen LogP contribution in [0.15, 0.2) is 81.9 Å². The van der Waals surface area contributed by atoms with Crippen LogP contribution in [-0.4, -0.2) is 238 Å². The van der Waals surface area contributed by atoms with Gasteiger partial charge < -0.3 is 96.1 Å². The van der Waals surface area contributed by atoms with Crippen molar-refractivity contribution >= 4 is 155 Å². The van der Waals surface area contributed by atoms with E-state index in [0.717, 1.165) is 29.6 Å². The minimum absolute atomic E-state index is 0. The molecule has 2 aromatic carbocycles. The highest BCUT2D eigenvalue weighted by Crippen LogP contribution is 2.35. The third-order valence-corrected chi connectivity index (χ3v) is 18.8. The summed E-state index contributed by atoms with van der Waals surface area (Å²) in [6.45, 7) is 10.9. The van der Waals surface area contributed by atoms with E-state index < -0.39 is 119 Å². The van der Waals surface area contributed by atoms with Crippen LogP contribution >= 0.6 is 71.2 Å². The first-order valence-corrected chi connectivity index (χ1v) is 40.5. The number of benzene rings is 2. The van der Waals surface area contributed by atoms with Gasteiger partial charge in [0.15, 0.2) is 9.93 Å². The number of nitrogens with zero attached hydrogens (tertiary/aromatic N) is 5. The van der Waals surface area contributed by atoms with Gasteiger partial charge in [0.2, 0.25) is 45.0 Å². The smallest absolute Gasteiger partial charge is 0.408 e. The van der Waals surface area contributed by atoms with Gasteiger partial charge in [-0.25, -0.2) is 69.2 Å². The maximum Gasteiger partial charge on any atom is 0.408 e. The number of carbonyl (C=O) groups excluding carboxylic acids is 7. The number of hydrogen-bond acceptors (Lipinski definition) is 28. The predicted molar refractivity (Wildman–Crippen MR) is 415 cm³/mol. The normalized spacial score (nSPS) is 13.1. The molecule has 6 heterocycles. The van der Waals surface area contributed by atoms with Crippen molar-refractivity contribution in [2.24, 2.45) is 11.5 Å². The Morgan fingerprint density at radius 1 is 0.607 bits per heavy atom. The zero-order valence-electron chi connectivity index (χ0n) is 61.9. The van der Waals surface area contributed by atoms with E-state index in [-0.39, 0.29) is 101 Å². The zero-order chi connectivity index (χ0) is 83.1. The largest absolute Gasteiger partial charge is 0.480 e. The number of halogens is 4. The van der Waals surface area contributed by atoms with Crippen LogP contribution in [0, 0.1) is 4.77 Å². The molecule has 0 saturated carbocycles. The summed E-state index contributed by atoms with van der Waals surface area (Å²) >= 11 is 25.1. The number of H-pyrrole nitrogens is 6. The van der Waals surface area contributed by atoms with Crippen LogP contribution in [0.2, 0.25) is 15.1 Å². The van der Waals surface area contributed by atoms with E-state index in [1.807, 2.05) is 6.26 Å². The van der Waals surface area contributed by atoms with E-state index in [1.165, 1.54) is 51.7 Å². The van der Waals surface area contributed by atoms with Crippen LogP contribution in [0.25, 0.3) is 0 Å². The molecule has 47 heteroatoms. The number of aliphatic carboxylic acids is 2. The van der Waals surface area contributed by atoms with Crippen molar-refractivity contribution in [3.63, 3.8) is 0 Å². The third kappa shape index (κ3) is 32.9. The van der Waals surface area contributed by atoms with Crippen molar-refractivity contribution in [2.75, 3.05) is 52.9 Å². The molecule has 4 amide bonds. The lowest BCUT2D eigenvalue weighted by atomic mass is 9.95. The van der Waals surface area contributed by atoms with Gasteiger partial charge >= 0.3 is 42.0 Å². The molecule has 8 rings (SSSR count). The number of amides is 4. The molecule has 15 N–H and O–H groups in total. The molecule has 5 aromatic heterocycles. The Labute approximate surface area is 675 Å². The Bertz CT molecular complexity index is 4820. The van der Waals surface area contributed by atoms with Gasteiger partial charge in [-0.2, -0.15) is 0 Å². The van der Waals surface area contributed by atoms with Crippen molar-refractivity contribution in [1.29, 1.82) is 0 Å². The second-order valence-electron chi connectivity index (χ2n) is 25.7. The molecule has 5 atom stereocenters. The Morgan fingerprint density at radius 3 is 1.40 bits per heavy atom. The fourth-order valence-corrected chi connectivity index (χ4v) is 12.3. The number of fused-ring (bicyclic) bond motifs is 1. The highest BCUT2D eigenvalue weighted by atomic mass is 35.5. The fraction of sp³-hybridized carbons (Fsp3) is 0.446. The van der Waals surface area contributed by atoms with Crippen molar-refractivity contribution < 1.29 is 102 Å². The standard InChI is InChI=1S/C24H21Cl3N4O6S.C13H21N3O6S.C13H21N3O4S.C8H13N3O4S.C6H9N3O2S.CH4.ClH/c1-38(36,37)24-28-10-15(29-24)9-18(23(34)35)30-21(32)19-17(26)8-13-11-31(7-6-16(13)20(19)27)22(33)12-2-4-14(25)5-3-12;1-13(2,3)22-12(18)16-9(10(17)21-4)6-8-7-14-11(15-8)23(5,19)20;1-13(2,3)20-12(18)16-9(10(17)19-4)6-8-7-14-11(15-8)21-5;1-15-7(12)6(9)3-5-4-10-8(11-5)16(2,13)14;7-4(5(10)11)1-3-2-8-6(12)9-3;;/h2-5,8,10,18H,6-7,9,11H2,1H3,(H,28,29)(H,30,32)(H,34,35);7,9H,6H2,1-5H3,(H,14,15)(H,16,18);7,9H,6H2,1-5H3,(H,14,15)(H,16,18);4,6H,3,9H2,1-2H3,(H,10,11);2,4H,1,7H2,(H,10,11)(H2,8,9,12);1H4;1H/t18-;2*9-;6-;4-;;/m00000../s1. The second kappa shape index (κ2) is 43.7. The fourth-order valence-electron chi connectivity index (χ4n) is 9.18. The van der Waals surface area contributed by atoms with E-state index >= 15 is 0 Å². The molecule has 0 aliphatic carbocycles. The molecule has 7 aromatic rings. The number of esters is 3. The summed E-state index contributed by atoms with van der Waals surface area (Å²) in [7, 11) is -6.79. The molecule has 38 nitrogen and oxygen atoms in total. The minimum atomic E-state index is -3.62. The van der Waals surface area contributed by atoms with Gasteiger partial charge in [0.25, 0.3) is 11.8 Å². The van der Waals surface area contributed by atoms with Gasteiger partial charge in [-0.15, -0.1) is 12.4 Å². The van der Waals surface area contributed by atoms with E-state index in [2.05, 4.69) is 75.3 Å². The molecule has 0 saturated heterocycles.